The first kappa shape index (κ1) is 16.2. The van der Waals surface area contributed by atoms with Crippen molar-refractivity contribution in [2.24, 2.45) is 0 Å². The Morgan fingerprint density at radius 2 is 1.83 bits per heavy atom. The molecule has 0 spiro atoms. The molecule has 1 fully saturated rings. The zero-order valence-electron chi connectivity index (χ0n) is 12.8. The van der Waals surface area contributed by atoms with E-state index in [1.165, 1.54) is 4.31 Å². The van der Waals surface area contributed by atoms with Gasteiger partial charge in [0.15, 0.2) is 0 Å². The van der Waals surface area contributed by atoms with Gasteiger partial charge in [-0.15, -0.1) is 0 Å². The van der Waals surface area contributed by atoms with Gasteiger partial charge in [0, 0.05) is 32.4 Å². The highest BCUT2D eigenvalue weighted by Gasteiger charge is 2.30. The third-order valence-corrected chi connectivity index (χ3v) is 6.30. The van der Waals surface area contributed by atoms with Gasteiger partial charge < -0.3 is 4.90 Å². The van der Waals surface area contributed by atoms with E-state index in [0.29, 0.717) is 26.2 Å². The summed E-state index contributed by atoms with van der Waals surface area (Å²) in [7, 11) is -3.57. The van der Waals surface area contributed by atoms with Crippen molar-refractivity contribution in [3.63, 3.8) is 0 Å². The first-order valence-electron chi connectivity index (χ1n) is 7.41. The molecule has 1 aliphatic rings. The molecule has 3 rings (SSSR count). The van der Waals surface area contributed by atoms with Crippen molar-refractivity contribution in [3.8, 4) is 0 Å². The third-order valence-electron chi connectivity index (χ3n) is 3.92. The first-order valence-corrected chi connectivity index (χ1v) is 9.22. The van der Waals surface area contributed by atoms with E-state index in [4.69, 9.17) is 11.6 Å². The quantitative estimate of drug-likeness (QED) is 0.852. The third kappa shape index (κ3) is 3.34. The summed E-state index contributed by atoms with van der Waals surface area (Å²) in [5.74, 6) is 0.873. The Bertz CT molecular complexity index is 788. The predicted molar refractivity (Wildman–Crippen MR) is 91.4 cm³/mol. The van der Waals surface area contributed by atoms with Gasteiger partial charge in [-0.3, -0.25) is 0 Å². The van der Waals surface area contributed by atoms with Gasteiger partial charge in [0.2, 0.25) is 10.0 Å². The van der Waals surface area contributed by atoms with Crippen LogP contribution in [0.2, 0.25) is 5.02 Å². The molecule has 7 heteroatoms. The Hall–Kier alpha value is -1.63. The SMILES string of the molecule is Cc1ccc(Cl)c(S(=O)(=O)N2CCN(c3ccccn3)CC2)c1. The van der Waals surface area contributed by atoms with E-state index in [-0.39, 0.29) is 9.92 Å². The minimum atomic E-state index is -3.57. The van der Waals surface area contributed by atoms with E-state index in [2.05, 4.69) is 9.88 Å². The van der Waals surface area contributed by atoms with Crippen molar-refractivity contribution in [1.29, 1.82) is 0 Å². The average molecular weight is 352 g/mol. The van der Waals surface area contributed by atoms with E-state index in [1.54, 1.807) is 24.4 Å². The van der Waals surface area contributed by atoms with Crippen molar-refractivity contribution in [1.82, 2.24) is 9.29 Å². The summed E-state index contributed by atoms with van der Waals surface area (Å²) >= 11 is 6.10. The number of hydrogen-bond donors (Lipinski definition) is 0. The van der Waals surface area contributed by atoms with Gasteiger partial charge in [0.05, 0.1) is 5.02 Å². The molecule has 1 aromatic carbocycles. The van der Waals surface area contributed by atoms with Crippen LogP contribution in [0.1, 0.15) is 5.56 Å². The van der Waals surface area contributed by atoms with Crippen molar-refractivity contribution >= 4 is 27.4 Å². The smallest absolute Gasteiger partial charge is 0.244 e. The summed E-state index contributed by atoms with van der Waals surface area (Å²) in [6.45, 7) is 3.92. The highest BCUT2D eigenvalue weighted by atomic mass is 35.5. The highest BCUT2D eigenvalue weighted by molar-refractivity contribution is 7.89. The zero-order chi connectivity index (χ0) is 16.4. The van der Waals surface area contributed by atoms with Crippen LogP contribution in [0.5, 0.6) is 0 Å². The molecular weight excluding hydrogens is 334 g/mol. The fourth-order valence-electron chi connectivity index (χ4n) is 2.65. The Kier molecular flexibility index (Phi) is 4.57. The number of anilines is 1. The van der Waals surface area contributed by atoms with Crippen LogP contribution in [-0.4, -0.2) is 43.9 Å². The summed E-state index contributed by atoms with van der Waals surface area (Å²) in [5.41, 5.74) is 0.875. The Morgan fingerprint density at radius 3 is 2.48 bits per heavy atom. The number of aromatic nitrogens is 1. The van der Waals surface area contributed by atoms with Crippen molar-refractivity contribution in [2.45, 2.75) is 11.8 Å². The molecule has 2 aromatic rings. The van der Waals surface area contributed by atoms with Gasteiger partial charge in [-0.25, -0.2) is 13.4 Å². The van der Waals surface area contributed by atoms with E-state index in [1.807, 2.05) is 25.1 Å². The average Bonchev–Trinajstić information content (AvgIpc) is 2.58. The van der Waals surface area contributed by atoms with E-state index < -0.39 is 10.0 Å². The summed E-state index contributed by atoms with van der Waals surface area (Å²) in [4.78, 5) is 6.58. The molecule has 0 radical (unpaired) electrons. The molecule has 2 heterocycles. The number of pyridine rings is 1. The number of hydrogen-bond acceptors (Lipinski definition) is 4. The molecule has 1 saturated heterocycles. The number of aryl methyl sites for hydroxylation is 1. The topological polar surface area (TPSA) is 53.5 Å². The largest absolute Gasteiger partial charge is 0.354 e. The van der Waals surface area contributed by atoms with Gasteiger partial charge in [0.1, 0.15) is 10.7 Å². The molecule has 1 aromatic heterocycles. The second-order valence-corrected chi connectivity index (χ2v) is 7.83. The molecule has 0 atom stereocenters. The van der Waals surface area contributed by atoms with E-state index >= 15 is 0 Å². The highest BCUT2D eigenvalue weighted by Crippen LogP contribution is 2.27. The second kappa shape index (κ2) is 6.47. The number of benzene rings is 1. The zero-order valence-corrected chi connectivity index (χ0v) is 14.4. The van der Waals surface area contributed by atoms with Gasteiger partial charge in [-0.05, 0) is 36.8 Å². The van der Waals surface area contributed by atoms with Crippen LogP contribution >= 0.6 is 11.6 Å². The number of halogens is 1. The van der Waals surface area contributed by atoms with Crippen LogP contribution in [-0.2, 0) is 10.0 Å². The monoisotopic (exact) mass is 351 g/mol. The molecule has 122 valence electrons. The van der Waals surface area contributed by atoms with Crippen LogP contribution in [0.15, 0.2) is 47.5 Å². The van der Waals surface area contributed by atoms with Gasteiger partial charge in [-0.2, -0.15) is 4.31 Å². The van der Waals surface area contributed by atoms with E-state index in [0.717, 1.165) is 11.4 Å². The summed E-state index contributed by atoms with van der Waals surface area (Å²) in [6.07, 6.45) is 1.74. The maximum absolute atomic E-state index is 12.8. The standard InChI is InChI=1S/C16H18ClN3O2S/c1-13-5-6-14(17)15(12-13)23(21,22)20-10-8-19(9-11-20)16-4-2-3-7-18-16/h2-7,12H,8-11H2,1H3. The lowest BCUT2D eigenvalue weighted by Gasteiger charge is -2.34. The van der Waals surface area contributed by atoms with Crippen LogP contribution in [0.3, 0.4) is 0 Å². The summed E-state index contributed by atoms with van der Waals surface area (Å²) in [6, 6.07) is 10.8. The minimum absolute atomic E-state index is 0.186. The van der Waals surface area contributed by atoms with Crippen LogP contribution in [0.4, 0.5) is 5.82 Å². The first-order chi connectivity index (χ1) is 11.0. The van der Waals surface area contributed by atoms with Crippen LogP contribution in [0.25, 0.3) is 0 Å². The van der Waals surface area contributed by atoms with Gasteiger partial charge in [0.25, 0.3) is 0 Å². The number of piperazine rings is 1. The maximum atomic E-state index is 12.8. The fourth-order valence-corrected chi connectivity index (χ4v) is 4.63. The number of rotatable bonds is 3. The lowest BCUT2D eigenvalue weighted by Crippen LogP contribution is -2.49. The predicted octanol–water partition coefficient (Wildman–Crippen LogP) is 2.55. The lowest BCUT2D eigenvalue weighted by atomic mass is 10.2. The van der Waals surface area contributed by atoms with Crippen molar-refractivity contribution < 1.29 is 8.42 Å². The Balaban J connectivity index is 1.78. The molecule has 0 unspecified atom stereocenters. The molecule has 23 heavy (non-hydrogen) atoms. The molecule has 0 aliphatic carbocycles. The van der Waals surface area contributed by atoms with Gasteiger partial charge in [-0.1, -0.05) is 23.7 Å². The maximum Gasteiger partial charge on any atom is 0.244 e. The van der Waals surface area contributed by atoms with E-state index in [9.17, 15) is 8.42 Å². The molecule has 0 N–H and O–H groups in total. The number of nitrogens with zero attached hydrogens (tertiary/aromatic N) is 3. The summed E-state index contributed by atoms with van der Waals surface area (Å²) in [5, 5.41) is 0.266. The van der Waals surface area contributed by atoms with Crippen molar-refractivity contribution in [2.75, 3.05) is 31.1 Å². The molecular formula is C16H18ClN3O2S. The van der Waals surface area contributed by atoms with Crippen molar-refractivity contribution in [3.05, 3.63) is 53.2 Å². The fraction of sp³-hybridized carbons (Fsp3) is 0.312. The van der Waals surface area contributed by atoms with Crippen LogP contribution < -0.4 is 4.90 Å². The van der Waals surface area contributed by atoms with Crippen LogP contribution in [0, 0.1) is 6.92 Å². The molecule has 0 bridgehead atoms. The minimum Gasteiger partial charge on any atom is -0.354 e. The molecule has 0 saturated carbocycles. The second-order valence-electron chi connectivity index (χ2n) is 5.51. The summed E-state index contributed by atoms with van der Waals surface area (Å²) < 4.78 is 27.1. The molecule has 0 amide bonds. The Morgan fingerprint density at radius 1 is 1.09 bits per heavy atom. The molecule has 5 nitrogen and oxygen atoms in total. The molecule has 1 aliphatic heterocycles. The Labute approximate surface area is 141 Å². The van der Waals surface area contributed by atoms with Gasteiger partial charge >= 0.3 is 0 Å². The number of sulfonamides is 1. The lowest BCUT2D eigenvalue weighted by molar-refractivity contribution is 0.384. The normalized spacial score (nSPS) is 16.5.